The number of aliphatic carboxylic acids is 1. The summed E-state index contributed by atoms with van der Waals surface area (Å²) >= 11 is 0. The van der Waals surface area contributed by atoms with E-state index < -0.39 is 5.97 Å². The van der Waals surface area contributed by atoms with Crippen LogP contribution in [-0.2, 0) is 9.59 Å². The third kappa shape index (κ3) is 14.8. The second-order valence-corrected chi connectivity index (χ2v) is 8.04. The van der Waals surface area contributed by atoms with Crippen LogP contribution in [0.5, 0.6) is 11.5 Å². The van der Waals surface area contributed by atoms with Crippen LogP contribution < -0.4 is 9.47 Å². The topological polar surface area (TPSA) is 72.8 Å². The predicted octanol–water partition coefficient (Wildman–Crippen LogP) is 7.51. The molecule has 5 nitrogen and oxygen atoms in total. The minimum Gasteiger partial charge on any atom is -0.493 e. The SMILES string of the molecule is CCCCC/C=C\C/C=C\CCCCCCCC(=O)Oc1ccc(/C=C/C(=O)O)cc1OC. The van der Waals surface area contributed by atoms with Crippen molar-refractivity contribution < 1.29 is 24.2 Å². The molecule has 0 aliphatic carbocycles. The van der Waals surface area contributed by atoms with Crippen LogP contribution in [-0.4, -0.2) is 24.2 Å². The van der Waals surface area contributed by atoms with Gasteiger partial charge in [0.15, 0.2) is 11.5 Å². The lowest BCUT2D eigenvalue weighted by atomic mass is 10.1. The molecule has 1 N–H and O–H groups in total. The van der Waals surface area contributed by atoms with Gasteiger partial charge in [-0.3, -0.25) is 4.79 Å². The maximum absolute atomic E-state index is 12.1. The number of carbonyl (C=O) groups is 2. The van der Waals surface area contributed by atoms with Crippen molar-refractivity contribution >= 4 is 18.0 Å². The number of hydrogen-bond donors (Lipinski definition) is 1. The number of unbranched alkanes of at least 4 members (excludes halogenated alkanes) is 8. The summed E-state index contributed by atoms with van der Waals surface area (Å²) < 4.78 is 10.7. The molecule has 1 rings (SSSR count). The van der Waals surface area contributed by atoms with Crippen molar-refractivity contribution in [3.8, 4) is 11.5 Å². The third-order valence-electron chi connectivity index (χ3n) is 5.16. The Morgan fingerprint density at radius 1 is 0.879 bits per heavy atom. The Morgan fingerprint density at radius 2 is 1.55 bits per heavy atom. The van der Waals surface area contributed by atoms with Crippen LogP contribution in [0, 0.1) is 0 Å². The monoisotopic (exact) mass is 456 g/mol. The Balaban J connectivity index is 2.14. The summed E-state index contributed by atoms with van der Waals surface area (Å²) in [4.78, 5) is 22.8. The molecule has 0 saturated heterocycles. The van der Waals surface area contributed by atoms with E-state index in [1.165, 1.54) is 51.7 Å². The van der Waals surface area contributed by atoms with Gasteiger partial charge in [-0.15, -0.1) is 0 Å². The second-order valence-electron chi connectivity index (χ2n) is 8.04. The summed E-state index contributed by atoms with van der Waals surface area (Å²) in [5.41, 5.74) is 0.655. The van der Waals surface area contributed by atoms with Crippen molar-refractivity contribution in [2.24, 2.45) is 0 Å². The van der Waals surface area contributed by atoms with Gasteiger partial charge in [0, 0.05) is 12.5 Å². The molecule has 0 aliphatic heterocycles. The summed E-state index contributed by atoms with van der Waals surface area (Å²) in [6.07, 6.45) is 24.4. The van der Waals surface area contributed by atoms with Crippen molar-refractivity contribution in [3.63, 3.8) is 0 Å². The summed E-state index contributed by atoms with van der Waals surface area (Å²) in [6, 6.07) is 4.94. The molecule has 0 fully saturated rings. The molecule has 0 bridgehead atoms. The van der Waals surface area contributed by atoms with Gasteiger partial charge in [-0.1, -0.05) is 69.4 Å². The van der Waals surface area contributed by atoms with Crippen molar-refractivity contribution in [1.82, 2.24) is 0 Å². The molecule has 33 heavy (non-hydrogen) atoms. The molecular formula is C28H40O5. The number of carbonyl (C=O) groups excluding carboxylic acids is 1. The van der Waals surface area contributed by atoms with Crippen LogP contribution in [0.4, 0.5) is 0 Å². The third-order valence-corrected chi connectivity index (χ3v) is 5.16. The number of ether oxygens (including phenoxy) is 2. The van der Waals surface area contributed by atoms with E-state index in [0.29, 0.717) is 23.5 Å². The van der Waals surface area contributed by atoms with Crippen LogP contribution in [0.15, 0.2) is 48.6 Å². The van der Waals surface area contributed by atoms with E-state index in [-0.39, 0.29) is 5.97 Å². The Labute approximate surface area is 199 Å². The Kier molecular flexibility index (Phi) is 16.0. The summed E-state index contributed by atoms with van der Waals surface area (Å²) in [6.45, 7) is 2.23. The first kappa shape index (κ1) is 28.2. The van der Waals surface area contributed by atoms with Crippen molar-refractivity contribution in [2.45, 2.75) is 84.0 Å². The molecule has 0 atom stereocenters. The lowest BCUT2D eigenvalue weighted by molar-refractivity contribution is -0.134. The van der Waals surface area contributed by atoms with Crippen molar-refractivity contribution in [1.29, 1.82) is 0 Å². The zero-order valence-corrected chi connectivity index (χ0v) is 20.3. The molecule has 0 saturated carbocycles. The van der Waals surface area contributed by atoms with Crippen LogP contribution in [0.1, 0.15) is 89.5 Å². The lowest BCUT2D eigenvalue weighted by Crippen LogP contribution is -2.08. The van der Waals surface area contributed by atoms with E-state index in [2.05, 4.69) is 31.2 Å². The average Bonchev–Trinajstić information content (AvgIpc) is 2.80. The first-order valence-corrected chi connectivity index (χ1v) is 12.2. The van der Waals surface area contributed by atoms with E-state index in [9.17, 15) is 9.59 Å². The van der Waals surface area contributed by atoms with Gasteiger partial charge in [0.25, 0.3) is 0 Å². The summed E-state index contributed by atoms with van der Waals surface area (Å²) in [5, 5.41) is 8.71. The summed E-state index contributed by atoms with van der Waals surface area (Å²) in [5.74, 6) is -0.567. The number of carboxylic acid groups (broad SMARTS) is 1. The number of carboxylic acids is 1. The lowest BCUT2D eigenvalue weighted by Gasteiger charge is -2.10. The summed E-state index contributed by atoms with van der Waals surface area (Å²) in [7, 11) is 1.48. The molecule has 1 aromatic carbocycles. The molecule has 0 unspecified atom stereocenters. The van der Waals surface area contributed by atoms with Gasteiger partial charge < -0.3 is 14.6 Å². The van der Waals surface area contributed by atoms with Gasteiger partial charge in [0.05, 0.1) is 7.11 Å². The highest BCUT2D eigenvalue weighted by Gasteiger charge is 2.10. The van der Waals surface area contributed by atoms with Crippen LogP contribution in [0.3, 0.4) is 0 Å². The van der Waals surface area contributed by atoms with Gasteiger partial charge in [0.1, 0.15) is 0 Å². The van der Waals surface area contributed by atoms with Crippen LogP contribution in [0.2, 0.25) is 0 Å². The van der Waals surface area contributed by atoms with Crippen molar-refractivity contribution in [3.05, 3.63) is 54.1 Å². The number of methoxy groups -OCH3 is 1. The number of benzene rings is 1. The fourth-order valence-electron chi connectivity index (χ4n) is 3.29. The Hall–Kier alpha value is -2.82. The molecule has 5 heteroatoms. The molecule has 0 aromatic heterocycles. The van der Waals surface area contributed by atoms with Gasteiger partial charge in [-0.05, 0) is 62.3 Å². The quantitative estimate of drug-likeness (QED) is 0.0813. The highest BCUT2D eigenvalue weighted by atomic mass is 16.6. The van der Waals surface area contributed by atoms with Gasteiger partial charge >= 0.3 is 11.9 Å². The van der Waals surface area contributed by atoms with E-state index in [1.807, 2.05) is 0 Å². The number of allylic oxidation sites excluding steroid dienone is 4. The first-order chi connectivity index (χ1) is 16.1. The zero-order valence-electron chi connectivity index (χ0n) is 20.3. The molecule has 0 amide bonds. The predicted molar refractivity (Wildman–Crippen MR) is 135 cm³/mol. The molecule has 0 spiro atoms. The molecule has 1 aromatic rings. The van der Waals surface area contributed by atoms with Gasteiger partial charge in [0.2, 0.25) is 0 Å². The molecule has 0 heterocycles. The number of esters is 1. The molecular weight excluding hydrogens is 416 g/mol. The Morgan fingerprint density at radius 3 is 2.21 bits per heavy atom. The highest BCUT2D eigenvalue weighted by Crippen LogP contribution is 2.29. The van der Waals surface area contributed by atoms with Crippen LogP contribution in [0.25, 0.3) is 6.08 Å². The number of hydrogen-bond acceptors (Lipinski definition) is 4. The highest BCUT2D eigenvalue weighted by molar-refractivity contribution is 5.85. The number of rotatable bonds is 18. The second kappa shape index (κ2) is 18.7. The molecule has 0 radical (unpaired) electrons. The van der Waals surface area contributed by atoms with E-state index in [0.717, 1.165) is 38.2 Å². The van der Waals surface area contributed by atoms with Crippen LogP contribution >= 0.6 is 0 Å². The largest absolute Gasteiger partial charge is 0.493 e. The first-order valence-electron chi connectivity index (χ1n) is 12.2. The maximum atomic E-state index is 12.1. The van der Waals surface area contributed by atoms with Gasteiger partial charge in [-0.25, -0.2) is 4.79 Å². The minimum atomic E-state index is -1.03. The fourth-order valence-corrected chi connectivity index (χ4v) is 3.29. The smallest absolute Gasteiger partial charge is 0.328 e. The van der Waals surface area contributed by atoms with E-state index in [1.54, 1.807) is 18.2 Å². The van der Waals surface area contributed by atoms with E-state index >= 15 is 0 Å². The minimum absolute atomic E-state index is 0.284. The van der Waals surface area contributed by atoms with Crippen molar-refractivity contribution in [2.75, 3.05) is 7.11 Å². The standard InChI is InChI=1S/C28H40O5/c1-3-4-5-6-7-8-9-10-11-12-13-14-15-16-17-18-28(31)33-25-21-19-24(20-22-27(29)30)23-26(25)32-2/h7-8,10-11,19-23H,3-6,9,12-18H2,1-2H3,(H,29,30)/b8-7-,11-10-,22-20+. The Bertz CT molecular complexity index is 776. The van der Waals surface area contributed by atoms with E-state index in [4.69, 9.17) is 14.6 Å². The maximum Gasteiger partial charge on any atom is 0.328 e. The van der Waals surface area contributed by atoms with Gasteiger partial charge in [-0.2, -0.15) is 0 Å². The molecule has 0 aliphatic rings. The zero-order chi connectivity index (χ0) is 24.2. The average molecular weight is 457 g/mol. The fraction of sp³-hybridized carbons (Fsp3) is 0.500. The molecule has 182 valence electrons. The normalized spacial score (nSPS) is 11.6.